The van der Waals surface area contributed by atoms with Crippen molar-refractivity contribution >= 4 is 16.7 Å². The Morgan fingerprint density at radius 2 is 2.11 bits per heavy atom. The number of aromatic amines is 1. The second-order valence-electron chi connectivity index (χ2n) is 4.16. The second-order valence-corrected chi connectivity index (χ2v) is 4.16. The number of fused-ring (bicyclic) bond motifs is 1. The van der Waals surface area contributed by atoms with Gasteiger partial charge in [0, 0.05) is 23.2 Å². The molecule has 0 saturated heterocycles. The average Bonchev–Trinajstić information content (AvgIpc) is 2.87. The Kier molecular flexibility index (Phi) is 4.06. The summed E-state index contributed by atoms with van der Waals surface area (Å²) in [6.07, 6.45) is 1.71. The Bertz CT molecular complexity index is 590. The number of rotatable bonds is 6. The zero-order valence-corrected chi connectivity index (χ0v) is 11.4. The van der Waals surface area contributed by atoms with Crippen LogP contribution in [0.3, 0.4) is 0 Å². The molecule has 0 aliphatic rings. The molecule has 0 atom stereocenters. The SMILES string of the molecule is CCNCC(=O)c1c[nH]c2c(OC)cc(OC)cc12. The summed E-state index contributed by atoms with van der Waals surface area (Å²) >= 11 is 0. The van der Waals surface area contributed by atoms with Gasteiger partial charge in [0.05, 0.1) is 26.3 Å². The van der Waals surface area contributed by atoms with Gasteiger partial charge in [-0.2, -0.15) is 0 Å². The second kappa shape index (κ2) is 5.75. The minimum atomic E-state index is 0.0448. The molecule has 1 heterocycles. The maximum absolute atomic E-state index is 12.1. The number of nitrogens with one attached hydrogen (secondary N) is 2. The van der Waals surface area contributed by atoms with Gasteiger partial charge in [0.15, 0.2) is 5.78 Å². The van der Waals surface area contributed by atoms with Gasteiger partial charge in [-0.1, -0.05) is 6.92 Å². The van der Waals surface area contributed by atoms with Crippen LogP contribution in [0.15, 0.2) is 18.3 Å². The number of aromatic nitrogens is 1. The van der Waals surface area contributed by atoms with E-state index in [4.69, 9.17) is 9.47 Å². The number of ketones is 1. The molecule has 19 heavy (non-hydrogen) atoms. The van der Waals surface area contributed by atoms with Crippen LogP contribution in [0.2, 0.25) is 0 Å². The predicted molar refractivity (Wildman–Crippen MR) is 74.3 cm³/mol. The fraction of sp³-hybridized carbons (Fsp3) is 0.357. The normalized spacial score (nSPS) is 10.7. The highest BCUT2D eigenvalue weighted by atomic mass is 16.5. The third-order valence-electron chi connectivity index (χ3n) is 3.02. The molecule has 2 rings (SSSR count). The molecule has 2 N–H and O–H groups in total. The number of likely N-dealkylation sites (N-methyl/N-ethyl adjacent to an activating group) is 1. The third-order valence-corrected chi connectivity index (χ3v) is 3.02. The van der Waals surface area contributed by atoms with Crippen LogP contribution in [0.4, 0.5) is 0 Å². The van der Waals surface area contributed by atoms with Crippen molar-refractivity contribution in [1.82, 2.24) is 10.3 Å². The molecular weight excluding hydrogens is 244 g/mol. The summed E-state index contributed by atoms with van der Waals surface area (Å²) in [6, 6.07) is 3.63. The van der Waals surface area contributed by atoms with Gasteiger partial charge >= 0.3 is 0 Å². The molecular formula is C14H18N2O3. The van der Waals surface area contributed by atoms with Gasteiger partial charge in [-0.25, -0.2) is 0 Å². The fourth-order valence-electron chi connectivity index (χ4n) is 2.02. The van der Waals surface area contributed by atoms with Crippen LogP contribution in [0.1, 0.15) is 17.3 Å². The number of carbonyl (C=O) groups is 1. The van der Waals surface area contributed by atoms with E-state index in [1.165, 1.54) is 0 Å². The van der Waals surface area contributed by atoms with Crippen molar-refractivity contribution in [3.63, 3.8) is 0 Å². The molecule has 1 aromatic heterocycles. The van der Waals surface area contributed by atoms with E-state index in [9.17, 15) is 4.79 Å². The van der Waals surface area contributed by atoms with Crippen molar-refractivity contribution in [2.75, 3.05) is 27.3 Å². The maximum Gasteiger partial charge on any atom is 0.178 e. The van der Waals surface area contributed by atoms with Crippen molar-refractivity contribution in [2.24, 2.45) is 0 Å². The number of hydrogen-bond donors (Lipinski definition) is 2. The molecule has 0 aliphatic heterocycles. The first-order chi connectivity index (χ1) is 9.21. The summed E-state index contributed by atoms with van der Waals surface area (Å²) in [5.74, 6) is 1.38. The molecule has 5 nitrogen and oxygen atoms in total. The zero-order valence-electron chi connectivity index (χ0n) is 11.4. The fourth-order valence-corrected chi connectivity index (χ4v) is 2.02. The summed E-state index contributed by atoms with van der Waals surface area (Å²) in [5.41, 5.74) is 1.45. The van der Waals surface area contributed by atoms with E-state index in [1.807, 2.05) is 13.0 Å². The van der Waals surface area contributed by atoms with E-state index in [-0.39, 0.29) is 5.78 Å². The largest absolute Gasteiger partial charge is 0.497 e. The van der Waals surface area contributed by atoms with Gasteiger partial charge in [0.2, 0.25) is 0 Å². The van der Waals surface area contributed by atoms with Crippen molar-refractivity contribution in [3.05, 3.63) is 23.9 Å². The van der Waals surface area contributed by atoms with Crippen molar-refractivity contribution in [3.8, 4) is 11.5 Å². The number of benzene rings is 1. The summed E-state index contributed by atoms with van der Waals surface area (Å²) in [4.78, 5) is 15.2. The number of hydrogen-bond acceptors (Lipinski definition) is 4. The van der Waals surface area contributed by atoms with Gasteiger partial charge in [-0.05, 0) is 12.6 Å². The molecule has 0 unspecified atom stereocenters. The zero-order chi connectivity index (χ0) is 13.8. The van der Waals surface area contributed by atoms with Crippen molar-refractivity contribution < 1.29 is 14.3 Å². The van der Waals surface area contributed by atoms with Crippen LogP contribution in [0.5, 0.6) is 11.5 Å². The highest BCUT2D eigenvalue weighted by Gasteiger charge is 2.15. The predicted octanol–water partition coefficient (Wildman–Crippen LogP) is 1.98. The first-order valence-corrected chi connectivity index (χ1v) is 6.18. The topological polar surface area (TPSA) is 63.4 Å². The molecule has 5 heteroatoms. The van der Waals surface area contributed by atoms with Crippen LogP contribution < -0.4 is 14.8 Å². The number of ether oxygens (including phenoxy) is 2. The lowest BCUT2D eigenvalue weighted by atomic mass is 10.1. The van der Waals surface area contributed by atoms with E-state index >= 15 is 0 Å². The lowest BCUT2D eigenvalue weighted by Crippen LogP contribution is -2.22. The lowest BCUT2D eigenvalue weighted by molar-refractivity contribution is 0.0993. The summed E-state index contributed by atoms with van der Waals surface area (Å²) in [5, 5.41) is 3.85. The van der Waals surface area contributed by atoms with Gasteiger partial charge in [-0.15, -0.1) is 0 Å². The molecule has 0 amide bonds. The average molecular weight is 262 g/mol. The van der Waals surface area contributed by atoms with Crippen molar-refractivity contribution in [2.45, 2.75) is 6.92 Å². The molecule has 0 spiro atoms. The van der Waals surface area contributed by atoms with E-state index < -0.39 is 0 Å². The maximum atomic E-state index is 12.1. The highest BCUT2D eigenvalue weighted by Crippen LogP contribution is 2.32. The molecule has 102 valence electrons. The first-order valence-electron chi connectivity index (χ1n) is 6.18. The Balaban J connectivity index is 2.48. The molecule has 0 radical (unpaired) electrons. The molecule has 1 aromatic carbocycles. The molecule has 0 fully saturated rings. The number of H-pyrrole nitrogens is 1. The Labute approximate surface area is 111 Å². The Hall–Kier alpha value is -2.01. The van der Waals surface area contributed by atoms with E-state index in [2.05, 4.69) is 10.3 Å². The quantitative estimate of drug-likeness (QED) is 0.781. The van der Waals surface area contributed by atoms with Crippen LogP contribution in [-0.2, 0) is 0 Å². The van der Waals surface area contributed by atoms with Crippen molar-refractivity contribution in [1.29, 1.82) is 0 Å². The van der Waals surface area contributed by atoms with Crippen LogP contribution in [-0.4, -0.2) is 38.1 Å². The highest BCUT2D eigenvalue weighted by molar-refractivity contribution is 6.10. The lowest BCUT2D eigenvalue weighted by Gasteiger charge is -2.06. The molecule has 0 aliphatic carbocycles. The van der Waals surface area contributed by atoms with E-state index in [1.54, 1.807) is 26.5 Å². The monoisotopic (exact) mass is 262 g/mol. The van der Waals surface area contributed by atoms with Crippen LogP contribution in [0.25, 0.3) is 10.9 Å². The molecule has 0 bridgehead atoms. The van der Waals surface area contributed by atoms with Crippen LogP contribution in [0, 0.1) is 0 Å². The summed E-state index contributed by atoms with van der Waals surface area (Å²) in [6.45, 7) is 3.05. The Morgan fingerprint density at radius 3 is 2.74 bits per heavy atom. The van der Waals surface area contributed by atoms with E-state index in [0.717, 1.165) is 17.4 Å². The summed E-state index contributed by atoms with van der Waals surface area (Å²) < 4.78 is 10.5. The first kappa shape index (κ1) is 13.4. The number of carbonyl (C=O) groups excluding carboxylic acids is 1. The van der Waals surface area contributed by atoms with Gasteiger partial charge < -0.3 is 19.8 Å². The Morgan fingerprint density at radius 1 is 1.32 bits per heavy atom. The minimum absolute atomic E-state index is 0.0448. The van der Waals surface area contributed by atoms with Gasteiger partial charge in [0.25, 0.3) is 0 Å². The standard InChI is InChI=1S/C14H18N2O3/c1-4-15-8-12(17)11-7-16-14-10(11)5-9(18-2)6-13(14)19-3/h5-7,15-16H,4,8H2,1-3H3. The van der Waals surface area contributed by atoms with Gasteiger partial charge in [0.1, 0.15) is 11.5 Å². The minimum Gasteiger partial charge on any atom is -0.497 e. The van der Waals surface area contributed by atoms with Crippen LogP contribution >= 0.6 is 0 Å². The molecule has 0 saturated carbocycles. The third kappa shape index (κ3) is 2.56. The van der Waals surface area contributed by atoms with Gasteiger partial charge in [-0.3, -0.25) is 4.79 Å². The molecule has 2 aromatic rings. The van der Waals surface area contributed by atoms with E-state index in [0.29, 0.717) is 23.6 Å². The smallest absolute Gasteiger partial charge is 0.178 e. The number of methoxy groups -OCH3 is 2. The summed E-state index contributed by atoms with van der Waals surface area (Å²) in [7, 11) is 3.18. The number of Topliss-reactive ketones (excluding diaryl/α,β-unsaturated/α-hetero) is 1.